The standard InChI is InChI=1S/C27H32FN3O2/c1-19(2)17-31(26(32)21-13-7-8-14-21)18-22-25(20-11-5-4-6-12-20)29-30(3)27(22)33-24-16-10-9-15-23(24)28/h4-6,9-12,15-16,19,21H,7-8,13-14,17-18H2,1-3H3. The van der Waals surface area contributed by atoms with Gasteiger partial charge in [0.05, 0.1) is 12.1 Å². The smallest absolute Gasteiger partial charge is 0.225 e. The molecule has 1 fully saturated rings. The number of hydrogen-bond acceptors (Lipinski definition) is 3. The number of para-hydroxylation sites is 1. The summed E-state index contributed by atoms with van der Waals surface area (Å²) in [5.74, 6) is 0.748. The van der Waals surface area contributed by atoms with Crippen LogP contribution in [0, 0.1) is 17.7 Å². The summed E-state index contributed by atoms with van der Waals surface area (Å²) >= 11 is 0. The highest BCUT2D eigenvalue weighted by Gasteiger charge is 2.30. The lowest BCUT2D eigenvalue weighted by molar-refractivity contribution is -0.136. The molecule has 5 nitrogen and oxygen atoms in total. The zero-order valence-electron chi connectivity index (χ0n) is 19.6. The Balaban J connectivity index is 1.76. The Hall–Kier alpha value is -3.15. The van der Waals surface area contributed by atoms with Crippen molar-refractivity contribution in [2.45, 2.75) is 46.1 Å². The Morgan fingerprint density at radius 1 is 1.12 bits per heavy atom. The fraction of sp³-hybridized carbons (Fsp3) is 0.407. The van der Waals surface area contributed by atoms with Crippen LogP contribution in [0.15, 0.2) is 54.6 Å². The Kier molecular flexibility index (Phi) is 7.11. The number of hydrogen-bond donors (Lipinski definition) is 0. The fourth-order valence-electron chi connectivity index (χ4n) is 4.58. The van der Waals surface area contributed by atoms with E-state index in [2.05, 4.69) is 13.8 Å². The summed E-state index contributed by atoms with van der Waals surface area (Å²) in [6, 6.07) is 16.2. The van der Waals surface area contributed by atoms with E-state index in [0.29, 0.717) is 24.9 Å². The van der Waals surface area contributed by atoms with Gasteiger partial charge in [0, 0.05) is 25.1 Å². The van der Waals surface area contributed by atoms with Crippen LogP contribution in [0.5, 0.6) is 11.6 Å². The molecule has 1 aromatic heterocycles. The second kappa shape index (κ2) is 10.2. The average molecular weight is 450 g/mol. The Morgan fingerprint density at radius 2 is 1.79 bits per heavy atom. The minimum Gasteiger partial charge on any atom is -0.436 e. The third kappa shape index (κ3) is 5.27. The van der Waals surface area contributed by atoms with Gasteiger partial charge in [-0.3, -0.25) is 4.79 Å². The molecule has 33 heavy (non-hydrogen) atoms. The van der Waals surface area contributed by atoms with Crippen LogP contribution in [0.3, 0.4) is 0 Å². The van der Waals surface area contributed by atoms with Crippen LogP contribution in [-0.4, -0.2) is 27.1 Å². The van der Waals surface area contributed by atoms with Gasteiger partial charge >= 0.3 is 0 Å². The van der Waals surface area contributed by atoms with Gasteiger partial charge in [0.1, 0.15) is 5.69 Å². The first-order chi connectivity index (χ1) is 15.9. The topological polar surface area (TPSA) is 47.4 Å². The summed E-state index contributed by atoms with van der Waals surface area (Å²) in [5.41, 5.74) is 2.47. The molecule has 0 atom stereocenters. The summed E-state index contributed by atoms with van der Waals surface area (Å²) in [6.45, 7) is 5.26. The molecule has 1 saturated carbocycles. The van der Waals surface area contributed by atoms with E-state index in [4.69, 9.17) is 9.84 Å². The number of ether oxygens (including phenoxy) is 1. The maximum Gasteiger partial charge on any atom is 0.225 e. The first-order valence-corrected chi connectivity index (χ1v) is 11.8. The third-order valence-corrected chi connectivity index (χ3v) is 6.13. The predicted octanol–water partition coefficient (Wildman–Crippen LogP) is 6.19. The largest absolute Gasteiger partial charge is 0.436 e. The van der Waals surface area contributed by atoms with E-state index in [9.17, 15) is 9.18 Å². The SMILES string of the molecule is CC(C)CN(Cc1c(-c2ccccc2)nn(C)c1Oc1ccccc1F)C(=O)C1CCCC1. The summed E-state index contributed by atoms with van der Waals surface area (Å²) in [5, 5.41) is 4.73. The third-order valence-electron chi connectivity index (χ3n) is 6.13. The number of nitrogens with zero attached hydrogens (tertiary/aromatic N) is 3. The van der Waals surface area contributed by atoms with Gasteiger partial charge in [-0.05, 0) is 30.9 Å². The fourth-order valence-corrected chi connectivity index (χ4v) is 4.58. The van der Waals surface area contributed by atoms with Crippen LogP contribution in [0.25, 0.3) is 11.3 Å². The lowest BCUT2D eigenvalue weighted by atomic mass is 10.0. The number of aromatic nitrogens is 2. The van der Waals surface area contributed by atoms with Crippen molar-refractivity contribution in [2.24, 2.45) is 18.9 Å². The number of halogens is 1. The van der Waals surface area contributed by atoms with E-state index in [0.717, 1.165) is 42.5 Å². The minimum atomic E-state index is -0.438. The maximum atomic E-state index is 14.4. The van der Waals surface area contributed by atoms with Crippen LogP contribution in [0.2, 0.25) is 0 Å². The minimum absolute atomic E-state index is 0.0801. The number of carbonyl (C=O) groups excluding carboxylic acids is 1. The van der Waals surface area contributed by atoms with Crippen molar-refractivity contribution in [3.8, 4) is 22.9 Å². The van der Waals surface area contributed by atoms with Gasteiger partial charge in [0.15, 0.2) is 11.6 Å². The van der Waals surface area contributed by atoms with Crippen LogP contribution >= 0.6 is 0 Å². The summed E-state index contributed by atoms with van der Waals surface area (Å²) in [4.78, 5) is 15.4. The van der Waals surface area contributed by atoms with Crippen LogP contribution in [-0.2, 0) is 18.4 Å². The monoisotopic (exact) mass is 449 g/mol. The number of amides is 1. The van der Waals surface area contributed by atoms with Crippen molar-refractivity contribution >= 4 is 5.91 Å². The molecule has 1 amide bonds. The van der Waals surface area contributed by atoms with Crippen LogP contribution in [0.4, 0.5) is 4.39 Å². The number of aryl methyl sites for hydroxylation is 1. The van der Waals surface area contributed by atoms with Gasteiger partial charge in [-0.2, -0.15) is 5.10 Å². The van der Waals surface area contributed by atoms with E-state index in [-0.39, 0.29) is 17.6 Å². The molecule has 0 radical (unpaired) electrons. The van der Waals surface area contributed by atoms with Gasteiger partial charge < -0.3 is 9.64 Å². The Labute approximate surface area is 195 Å². The number of rotatable bonds is 8. The molecule has 1 heterocycles. The molecule has 1 aliphatic rings. The first-order valence-electron chi connectivity index (χ1n) is 11.8. The Morgan fingerprint density at radius 3 is 2.45 bits per heavy atom. The molecule has 0 bridgehead atoms. The van der Waals surface area contributed by atoms with Crippen molar-refractivity contribution < 1.29 is 13.9 Å². The van der Waals surface area contributed by atoms with Crippen LogP contribution in [0.1, 0.15) is 45.1 Å². The van der Waals surface area contributed by atoms with E-state index < -0.39 is 5.82 Å². The zero-order chi connectivity index (χ0) is 23.4. The maximum absolute atomic E-state index is 14.4. The lowest BCUT2D eigenvalue weighted by Crippen LogP contribution is -2.37. The summed E-state index contributed by atoms with van der Waals surface area (Å²) < 4.78 is 22.1. The Bertz CT molecular complexity index is 1090. The van der Waals surface area contributed by atoms with Gasteiger partial charge in [-0.1, -0.05) is 69.2 Å². The number of benzene rings is 2. The van der Waals surface area contributed by atoms with Gasteiger partial charge in [0.25, 0.3) is 0 Å². The lowest BCUT2D eigenvalue weighted by Gasteiger charge is -2.28. The molecule has 6 heteroatoms. The molecule has 0 unspecified atom stereocenters. The predicted molar refractivity (Wildman–Crippen MR) is 127 cm³/mol. The molecule has 0 aliphatic heterocycles. The summed E-state index contributed by atoms with van der Waals surface area (Å²) in [6.07, 6.45) is 4.11. The molecule has 2 aromatic carbocycles. The van der Waals surface area contributed by atoms with Crippen molar-refractivity contribution in [3.63, 3.8) is 0 Å². The van der Waals surface area contributed by atoms with Crippen LogP contribution < -0.4 is 4.74 Å². The highest BCUT2D eigenvalue weighted by molar-refractivity contribution is 5.79. The highest BCUT2D eigenvalue weighted by Crippen LogP contribution is 2.36. The normalized spacial score (nSPS) is 14.1. The second-order valence-electron chi connectivity index (χ2n) is 9.25. The van der Waals surface area contributed by atoms with Gasteiger partial charge in [-0.25, -0.2) is 9.07 Å². The molecule has 0 saturated heterocycles. The first kappa shape index (κ1) is 23.0. The van der Waals surface area contributed by atoms with Crippen molar-refractivity contribution in [2.75, 3.05) is 6.54 Å². The molecule has 1 aliphatic carbocycles. The average Bonchev–Trinajstić information content (AvgIpc) is 3.44. The second-order valence-corrected chi connectivity index (χ2v) is 9.25. The van der Waals surface area contributed by atoms with Crippen molar-refractivity contribution in [1.29, 1.82) is 0 Å². The molecule has 0 spiro atoms. The molecular formula is C27H32FN3O2. The quantitative estimate of drug-likeness (QED) is 0.412. The van der Waals surface area contributed by atoms with E-state index in [1.807, 2.05) is 35.2 Å². The molecule has 0 N–H and O–H groups in total. The van der Waals surface area contributed by atoms with Crippen molar-refractivity contribution in [1.82, 2.24) is 14.7 Å². The molecule has 4 rings (SSSR count). The molecule has 174 valence electrons. The number of carbonyl (C=O) groups is 1. The zero-order valence-corrected chi connectivity index (χ0v) is 19.6. The van der Waals surface area contributed by atoms with E-state index >= 15 is 0 Å². The van der Waals surface area contributed by atoms with Gasteiger partial charge in [-0.15, -0.1) is 0 Å². The summed E-state index contributed by atoms with van der Waals surface area (Å²) in [7, 11) is 1.79. The molecule has 3 aromatic rings. The van der Waals surface area contributed by atoms with Gasteiger partial charge in [0.2, 0.25) is 11.8 Å². The van der Waals surface area contributed by atoms with E-state index in [1.54, 1.807) is 29.9 Å². The van der Waals surface area contributed by atoms with Crippen molar-refractivity contribution in [3.05, 3.63) is 66.0 Å². The van der Waals surface area contributed by atoms with E-state index in [1.165, 1.54) is 6.07 Å². The highest BCUT2D eigenvalue weighted by atomic mass is 19.1. The molecular weight excluding hydrogens is 417 g/mol.